The van der Waals surface area contributed by atoms with Gasteiger partial charge in [0, 0.05) is 30.9 Å². The van der Waals surface area contributed by atoms with Crippen LogP contribution in [-0.2, 0) is 4.74 Å². The van der Waals surface area contributed by atoms with E-state index in [0.29, 0.717) is 12.2 Å². The zero-order chi connectivity index (χ0) is 36.2. The predicted octanol–water partition coefficient (Wildman–Crippen LogP) is 2.01. The van der Waals surface area contributed by atoms with Gasteiger partial charge in [0.05, 0.1) is 34.9 Å². The number of nitrogens with zero attached hydrogens (tertiary/aromatic N) is 5. The van der Waals surface area contributed by atoms with Gasteiger partial charge in [-0.15, -0.1) is 5.10 Å². The van der Waals surface area contributed by atoms with Gasteiger partial charge in [-0.05, 0) is 30.4 Å². The van der Waals surface area contributed by atoms with Crippen molar-refractivity contribution in [2.75, 3.05) is 24.3 Å². The molecule has 0 spiro atoms. The number of ether oxygens (including phenoxy) is 1. The minimum atomic E-state index is -3.96. The first kappa shape index (κ1) is 14.5. The molecule has 0 radical (unpaired) electrons. The highest BCUT2D eigenvalue weighted by molar-refractivity contribution is 7.99. The minimum Gasteiger partial charge on any atom is -0.394 e. The van der Waals surface area contributed by atoms with Gasteiger partial charge in [-0.2, -0.15) is 0 Å². The van der Waals surface area contributed by atoms with Crippen LogP contribution < -0.4 is 5.32 Å². The van der Waals surface area contributed by atoms with Gasteiger partial charge in [0.2, 0.25) is 0 Å². The molecule has 5 rings (SSSR count). The molecule has 4 N–H and O–H groups in total. The number of halogens is 2. The molecule has 2 saturated carbocycles. The van der Waals surface area contributed by atoms with Crippen molar-refractivity contribution in [2.24, 2.45) is 0 Å². The maximum atomic E-state index is 14.5. The maximum absolute atomic E-state index is 14.5. The first-order valence-electron chi connectivity index (χ1n) is 16.7. The van der Waals surface area contributed by atoms with Crippen LogP contribution in [0.15, 0.2) is 23.3 Å². The van der Waals surface area contributed by atoms with Crippen molar-refractivity contribution in [2.45, 2.75) is 67.4 Å². The molecule has 13 heteroatoms. The molecule has 36 heavy (non-hydrogen) atoms. The summed E-state index contributed by atoms with van der Waals surface area (Å²) in [6.07, 6.45) is -17.3. The summed E-state index contributed by atoms with van der Waals surface area (Å²) in [5.41, 5.74) is -2.08. The molecule has 6 atom stereocenters. The van der Waals surface area contributed by atoms with Gasteiger partial charge < -0.3 is 25.4 Å². The van der Waals surface area contributed by atoms with E-state index in [1.807, 2.05) is 0 Å². The third-order valence-electron chi connectivity index (χ3n) is 4.94. The number of aromatic nitrogens is 5. The molecule has 2 aliphatic rings. The second-order valence-electron chi connectivity index (χ2n) is 7.46. The Labute approximate surface area is 226 Å². The van der Waals surface area contributed by atoms with Crippen molar-refractivity contribution in [1.29, 1.82) is 0 Å². The second kappa shape index (κ2) is 10.5. The molecule has 10 nitrogen and oxygen atoms in total. The molecule has 2 aliphatic carbocycles. The zero-order valence-electron chi connectivity index (χ0n) is 30.6. The average molecular weight is 535 g/mol. The van der Waals surface area contributed by atoms with Gasteiger partial charge in [-0.3, -0.25) is 0 Å². The second-order valence-corrected chi connectivity index (χ2v) is 8.52. The van der Waals surface area contributed by atoms with Gasteiger partial charge in [0.15, 0.2) is 33.8 Å². The van der Waals surface area contributed by atoms with Crippen LogP contribution in [0.2, 0.25) is 0 Å². The Bertz CT molecular complexity index is 1780. The highest BCUT2D eigenvalue weighted by atomic mass is 32.2. The summed E-state index contributed by atoms with van der Waals surface area (Å²) in [6.45, 7) is 0.120. The number of fused-ring (bicyclic) bond motifs is 1. The Morgan fingerprint density at radius 1 is 1.28 bits per heavy atom. The van der Waals surface area contributed by atoms with Crippen LogP contribution in [0, 0.1) is 11.6 Å². The Balaban J connectivity index is 1.70. The smallest absolute Gasteiger partial charge is 0.191 e. The molecular weight excluding hydrogens is 494 g/mol. The Hall–Kier alpha value is -2.45. The van der Waals surface area contributed by atoms with Crippen molar-refractivity contribution in [3.63, 3.8) is 0 Å². The molecule has 194 valence electrons. The molecule has 0 aliphatic heterocycles. The molecule has 0 amide bonds. The van der Waals surface area contributed by atoms with Gasteiger partial charge in [-0.25, -0.2) is 23.4 Å². The van der Waals surface area contributed by atoms with E-state index in [0.717, 1.165) is 11.8 Å². The summed E-state index contributed by atoms with van der Waals surface area (Å²) in [6, 6.07) is -9.13. The Morgan fingerprint density at radius 2 is 2.11 bits per heavy atom. The zero-order valence-corrected chi connectivity index (χ0v) is 19.4. The highest BCUT2D eigenvalue weighted by Crippen LogP contribution is 2.44. The fraction of sp³-hybridized carbons (Fsp3) is 0.565. The fourth-order valence-corrected chi connectivity index (χ4v) is 3.93. The summed E-state index contributed by atoms with van der Waals surface area (Å²) in [4.78, 5) is 8.44. The lowest BCUT2D eigenvalue weighted by atomic mass is 10.1. The number of benzene rings is 1. The molecule has 0 saturated heterocycles. The first-order valence-corrected chi connectivity index (χ1v) is 11.7. The fourth-order valence-electron chi connectivity index (χ4n) is 3.23. The van der Waals surface area contributed by atoms with E-state index in [-0.39, 0.29) is 9.84 Å². The number of aliphatic hydroxyl groups excluding tert-OH is 1. The van der Waals surface area contributed by atoms with Crippen LogP contribution in [0.5, 0.6) is 0 Å². The van der Waals surface area contributed by atoms with Gasteiger partial charge in [0.25, 0.3) is 0 Å². The van der Waals surface area contributed by atoms with E-state index in [1.54, 1.807) is 6.92 Å². The summed E-state index contributed by atoms with van der Waals surface area (Å²) >= 11 is 0.979. The van der Waals surface area contributed by atoms with Crippen LogP contribution in [0.25, 0.3) is 11.2 Å². The third-order valence-corrected chi connectivity index (χ3v) is 5.99. The lowest BCUT2D eigenvalue weighted by Crippen LogP contribution is -2.33. The van der Waals surface area contributed by atoms with Crippen molar-refractivity contribution in [3.05, 3.63) is 35.3 Å². The summed E-state index contributed by atoms with van der Waals surface area (Å²) in [5, 5.41) is 41.1. The molecule has 2 fully saturated rings. The molecule has 1 unspecified atom stereocenters. The SMILES string of the molecule is [2H]c1c([2H])c(C2([2H])[C@@H](Nc3nc(SCCC)nc4c3nnn4[C@]3([2H])C([2H])([2H])[C@]([2H])(OCCO)[C@@]([2H])(O)[C@@]3([2H])O)C2([2H])[2H])c([2H])c(F)c1F. The number of nitrogens with one attached hydrogen (secondary N) is 1. The van der Waals surface area contributed by atoms with E-state index >= 15 is 0 Å². The monoisotopic (exact) mass is 534 g/mol. The summed E-state index contributed by atoms with van der Waals surface area (Å²) in [7, 11) is 0. The highest BCUT2D eigenvalue weighted by Gasteiger charge is 2.45. The topological polar surface area (TPSA) is 138 Å². The molecule has 2 aromatic heterocycles. The van der Waals surface area contributed by atoms with E-state index in [2.05, 4.69) is 25.6 Å². The average Bonchev–Trinajstić information content (AvgIpc) is 3.27. The molecule has 0 bridgehead atoms. The van der Waals surface area contributed by atoms with Crippen LogP contribution in [0.1, 0.15) is 60.0 Å². The maximum Gasteiger partial charge on any atom is 0.191 e. The van der Waals surface area contributed by atoms with Crippen molar-refractivity contribution in [1.82, 2.24) is 25.0 Å². The van der Waals surface area contributed by atoms with Crippen LogP contribution >= 0.6 is 11.8 Å². The molecule has 1 aromatic carbocycles. The van der Waals surface area contributed by atoms with E-state index in [1.165, 1.54) is 0 Å². The number of thioether (sulfide) groups is 1. The van der Waals surface area contributed by atoms with Crippen molar-refractivity contribution >= 4 is 28.7 Å². The standard InChI is InChI=1S/C23H28F2N6O4S/c1-2-7-36-23-27-21(26-15-9-12(15)11-3-4-13(24)14(25)8-11)18-22(28-23)31(30-29-18)16-10-17(35-6-5-32)20(34)19(16)33/h3-4,8,12,15-17,19-20,32-34H,2,5-7,9-10H2,1H3,(H,26,27,28)/t12?,15-,16+,17-,19-,20+/m0/s1/i3D,4D,8D,9D2,10D2,12D,16D,17D,19D,20D. The van der Waals surface area contributed by atoms with Crippen LogP contribution in [0.4, 0.5) is 14.6 Å². The predicted molar refractivity (Wildman–Crippen MR) is 128 cm³/mol. The van der Waals surface area contributed by atoms with Gasteiger partial charge in [0.1, 0.15) is 12.2 Å². The third kappa shape index (κ3) is 4.90. The number of hydrogen-bond donors (Lipinski definition) is 4. The van der Waals surface area contributed by atoms with Gasteiger partial charge in [-0.1, -0.05) is 29.9 Å². The Kier molecular flexibility index (Phi) is 4.22. The summed E-state index contributed by atoms with van der Waals surface area (Å²) in [5.74, 6) is -6.45. The number of hydrogen-bond acceptors (Lipinski definition) is 10. The molecular formula is C23H28F2N6O4S. The largest absolute Gasteiger partial charge is 0.394 e. The van der Waals surface area contributed by atoms with Gasteiger partial charge >= 0.3 is 0 Å². The molecule has 3 aromatic rings. The lowest BCUT2D eigenvalue weighted by Gasteiger charge is -2.17. The minimum absolute atomic E-state index is 0.165. The number of aliphatic hydroxyl groups is 3. The molecule has 2 heterocycles. The normalized spacial score (nSPS) is 45.4. The van der Waals surface area contributed by atoms with E-state index < -0.39 is 114 Å². The van der Waals surface area contributed by atoms with Crippen LogP contribution in [-0.4, -0.2) is 83.5 Å². The van der Waals surface area contributed by atoms with Crippen molar-refractivity contribution < 1.29 is 45.3 Å². The summed E-state index contributed by atoms with van der Waals surface area (Å²) < 4.78 is 135. The van der Waals surface area contributed by atoms with Crippen molar-refractivity contribution in [3.8, 4) is 0 Å². The quantitative estimate of drug-likeness (QED) is 0.226. The first-order chi connectivity index (χ1) is 22.0. The van der Waals surface area contributed by atoms with E-state index in [4.69, 9.17) is 21.2 Å². The number of rotatable bonds is 10. The number of anilines is 1. The van der Waals surface area contributed by atoms with Crippen LogP contribution in [0.3, 0.4) is 0 Å². The lowest BCUT2D eigenvalue weighted by molar-refractivity contribution is -0.0629. The van der Waals surface area contributed by atoms with E-state index in [9.17, 15) is 24.1 Å². The Morgan fingerprint density at radius 3 is 2.89 bits per heavy atom.